The maximum absolute atomic E-state index is 11.0. The van der Waals surface area contributed by atoms with Crippen LogP contribution in [0.15, 0.2) is 60.9 Å². The highest BCUT2D eigenvalue weighted by Gasteiger charge is 2.10. The number of imidazole rings is 1. The van der Waals surface area contributed by atoms with E-state index in [-0.39, 0.29) is 0 Å². The van der Waals surface area contributed by atoms with Crippen LogP contribution in [0.5, 0.6) is 0 Å². The molecule has 1 atom stereocenters. The van der Waals surface area contributed by atoms with Crippen LogP contribution in [0.1, 0.15) is 24.1 Å². The molecule has 122 valence electrons. The number of amides is 1. The van der Waals surface area contributed by atoms with Crippen LogP contribution in [0.4, 0.5) is 0 Å². The summed E-state index contributed by atoms with van der Waals surface area (Å²) in [6, 6.07) is 16.5. The minimum absolute atomic E-state index is 0.291. The van der Waals surface area contributed by atoms with Crippen molar-refractivity contribution >= 4 is 23.0 Å². The van der Waals surface area contributed by atoms with Crippen LogP contribution < -0.4 is 5.48 Å². The molecule has 24 heavy (non-hydrogen) atoms. The van der Waals surface area contributed by atoms with Crippen LogP contribution in [-0.2, 0) is 11.2 Å². The molecule has 0 spiro atoms. The van der Waals surface area contributed by atoms with E-state index in [1.807, 2.05) is 30.6 Å². The Bertz CT molecular complexity index is 869. The molecule has 0 saturated carbocycles. The van der Waals surface area contributed by atoms with Crippen molar-refractivity contribution < 1.29 is 10.0 Å². The number of carbonyl (C=O) groups is 1. The fourth-order valence-electron chi connectivity index (χ4n) is 2.77. The zero-order chi connectivity index (χ0) is 16.9. The van der Waals surface area contributed by atoms with Gasteiger partial charge in [-0.1, -0.05) is 36.4 Å². The Labute approximate surface area is 140 Å². The van der Waals surface area contributed by atoms with Gasteiger partial charge in [-0.15, -0.1) is 0 Å². The van der Waals surface area contributed by atoms with E-state index in [0.717, 1.165) is 23.0 Å². The van der Waals surface area contributed by atoms with Crippen LogP contribution >= 0.6 is 0 Å². The summed E-state index contributed by atoms with van der Waals surface area (Å²) in [4.78, 5) is 15.5. The molecule has 0 saturated heterocycles. The first-order chi connectivity index (χ1) is 11.7. The smallest absolute Gasteiger partial charge is 0.267 e. The fourth-order valence-corrected chi connectivity index (χ4v) is 2.77. The summed E-state index contributed by atoms with van der Waals surface area (Å²) < 4.78 is 2.16. The molecule has 2 aromatic carbocycles. The topological polar surface area (TPSA) is 67.2 Å². The number of carbonyl (C=O) groups excluding carboxylic acids is 1. The van der Waals surface area contributed by atoms with E-state index in [1.165, 1.54) is 11.6 Å². The Hall–Kier alpha value is -2.92. The van der Waals surface area contributed by atoms with Crippen molar-refractivity contribution in [3.05, 3.63) is 72.1 Å². The van der Waals surface area contributed by atoms with E-state index in [1.54, 1.807) is 11.6 Å². The molecular formula is C19H19N3O2. The molecule has 5 heteroatoms. The number of hydroxylamine groups is 1. The summed E-state index contributed by atoms with van der Waals surface area (Å²) in [7, 11) is 0. The summed E-state index contributed by atoms with van der Waals surface area (Å²) in [5, 5.41) is 8.50. The Morgan fingerprint density at radius 3 is 2.83 bits per heavy atom. The average Bonchev–Trinajstić information content (AvgIpc) is 3.03. The zero-order valence-corrected chi connectivity index (χ0v) is 13.4. The lowest BCUT2D eigenvalue weighted by molar-refractivity contribution is -0.124. The summed E-state index contributed by atoms with van der Waals surface area (Å²) in [5.41, 5.74) is 5.65. The number of fused-ring (bicyclic) bond motifs is 1. The van der Waals surface area contributed by atoms with Crippen LogP contribution in [0.3, 0.4) is 0 Å². The molecular weight excluding hydrogens is 302 g/mol. The number of nitrogens with one attached hydrogen (secondary N) is 1. The molecule has 0 fully saturated rings. The van der Waals surface area contributed by atoms with Crippen LogP contribution in [0.25, 0.3) is 17.1 Å². The lowest BCUT2D eigenvalue weighted by atomic mass is 10.1. The van der Waals surface area contributed by atoms with Gasteiger partial charge in [0.15, 0.2) is 0 Å². The van der Waals surface area contributed by atoms with Gasteiger partial charge in [0, 0.05) is 12.1 Å². The third-order valence-corrected chi connectivity index (χ3v) is 3.99. The SMILES string of the molecule is CC(Cc1ccccc1)n1cnc2cc(C=CC(=O)NO)ccc21. The van der Waals surface area contributed by atoms with Crippen molar-refractivity contribution in [1.82, 2.24) is 15.0 Å². The molecule has 0 bridgehead atoms. The van der Waals surface area contributed by atoms with Crippen molar-refractivity contribution in [3.63, 3.8) is 0 Å². The van der Waals surface area contributed by atoms with Gasteiger partial charge in [-0.05, 0) is 42.7 Å². The van der Waals surface area contributed by atoms with Crippen molar-refractivity contribution in [2.45, 2.75) is 19.4 Å². The highest BCUT2D eigenvalue weighted by atomic mass is 16.5. The lowest BCUT2D eigenvalue weighted by Gasteiger charge is -2.14. The zero-order valence-electron chi connectivity index (χ0n) is 13.4. The van der Waals surface area contributed by atoms with Gasteiger partial charge < -0.3 is 4.57 Å². The maximum Gasteiger partial charge on any atom is 0.267 e. The third-order valence-electron chi connectivity index (χ3n) is 3.99. The van der Waals surface area contributed by atoms with E-state index in [9.17, 15) is 4.79 Å². The molecule has 0 radical (unpaired) electrons. The highest BCUT2D eigenvalue weighted by molar-refractivity contribution is 5.91. The van der Waals surface area contributed by atoms with Crippen molar-refractivity contribution in [3.8, 4) is 0 Å². The lowest BCUT2D eigenvalue weighted by Crippen LogP contribution is -2.14. The molecule has 0 aliphatic rings. The van der Waals surface area contributed by atoms with Gasteiger partial charge in [-0.25, -0.2) is 10.5 Å². The Balaban J connectivity index is 1.83. The summed E-state index contributed by atoms with van der Waals surface area (Å²) >= 11 is 0. The van der Waals surface area contributed by atoms with E-state index in [0.29, 0.717) is 6.04 Å². The first-order valence-electron chi connectivity index (χ1n) is 7.80. The quantitative estimate of drug-likeness (QED) is 0.430. The monoisotopic (exact) mass is 321 g/mol. The van der Waals surface area contributed by atoms with Crippen LogP contribution in [0.2, 0.25) is 0 Å². The molecule has 1 unspecified atom stereocenters. The van der Waals surface area contributed by atoms with Gasteiger partial charge in [0.05, 0.1) is 17.4 Å². The molecule has 1 amide bonds. The normalized spacial score (nSPS) is 12.6. The molecule has 3 aromatic rings. The molecule has 0 aliphatic heterocycles. The maximum atomic E-state index is 11.0. The highest BCUT2D eigenvalue weighted by Crippen LogP contribution is 2.22. The van der Waals surface area contributed by atoms with E-state index in [4.69, 9.17) is 5.21 Å². The summed E-state index contributed by atoms with van der Waals surface area (Å²) in [6.07, 6.45) is 5.70. The fraction of sp³-hybridized carbons (Fsp3) is 0.158. The van der Waals surface area contributed by atoms with Gasteiger partial charge >= 0.3 is 0 Å². The average molecular weight is 321 g/mol. The predicted octanol–water partition coefficient (Wildman–Crippen LogP) is 3.36. The largest absolute Gasteiger partial charge is 0.327 e. The van der Waals surface area contributed by atoms with Crippen molar-refractivity contribution in [2.24, 2.45) is 0 Å². The number of aromatic nitrogens is 2. The number of hydrogen-bond acceptors (Lipinski definition) is 3. The first-order valence-corrected chi connectivity index (χ1v) is 7.80. The molecule has 2 N–H and O–H groups in total. The molecule has 0 aliphatic carbocycles. The van der Waals surface area contributed by atoms with E-state index < -0.39 is 5.91 Å². The van der Waals surface area contributed by atoms with Crippen molar-refractivity contribution in [2.75, 3.05) is 0 Å². The van der Waals surface area contributed by atoms with Crippen LogP contribution in [-0.4, -0.2) is 20.7 Å². The standard InChI is InChI=1S/C19H19N3O2/c1-14(11-15-5-3-2-4-6-15)22-13-20-17-12-16(7-9-18(17)22)8-10-19(23)21-24/h2-10,12-14,24H,11H2,1H3,(H,21,23). The first kappa shape index (κ1) is 16.0. The summed E-state index contributed by atoms with van der Waals surface area (Å²) in [5.74, 6) is -0.558. The molecule has 1 heterocycles. The second kappa shape index (κ2) is 7.10. The Kier molecular flexibility index (Phi) is 4.72. The van der Waals surface area contributed by atoms with Gasteiger partial charge in [-0.3, -0.25) is 10.0 Å². The van der Waals surface area contributed by atoms with E-state index in [2.05, 4.69) is 40.7 Å². The summed E-state index contributed by atoms with van der Waals surface area (Å²) in [6.45, 7) is 2.17. The van der Waals surface area contributed by atoms with Crippen molar-refractivity contribution in [1.29, 1.82) is 0 Å². The number of benzene rings is 2. The molecule has 1 aromatic heterocycles. The Morgan fingerprint density at radius 2 is 2.08 bits per heavy atom. The molecule has 3 rings (SSSR count). The number of nitrogens with zero attached hydrogens (tertiary/aromatic N) is 2. The Morgan fingerprint density at radius 1 is 1.29 bits per heavy atom. The van der Waals surface area contributed by atoms with E-state index >= 15 is 0 Å². The minimum atomic E-state index is -0.558. The predicted molar refractivity (Wildman–Crippen MR) is 93.6 cm³/mol. The van der Waals surface area contributed by atoms with Gasteiger partial charge in [0.1, 0.15) is 0 Å². The minimum Gasteiger partial charge on any atom is -0.327 e. The van der Waals surface area contributed by atoms with Gasteiger partial charge in [-0.2, -0.15) is 0 Å². The number of rotatable bonds is 5. The second-order valence-electron chi connectivity index (χ2n) is 5.75. The molecule has 5 nitrogen and oxygen atoms in total. The van der Waals surface area contributed by atoms with Gasteiger partial charge in [0.2, 0.25) is 0 Å². The second-order valence-corrected chi connectivity index (χ2v) is 5.75. The van der Waals surface area contributed by atoms with Crippen LogP contribution in [0, 0.1) is 0 Å². The van der Waals surface area contributed by atoms with Gasteiger partial charge in [0.25, 0.3) is 5.91 Å². The number of hydrogen-bond donors (Lipinski definition) is 2. The third kappa shape index (κ3) is 3.52.